The summed E-state index contributed by atoms with van der Waals surface area (Å²) in [5, 5.41) is 22.0. The standard InChI is InChI=1S/C13H11N3O3/c1-13-7-10(8-14)19-16(13)15(18)11(12(13)17)9-5-3-2-4-6-9/h2-6,10H,7H2,1H3/t10-,13+/m1/s1. The van der Waals surface area contributed by atoms with Crippen molar-refractivity contribution in [2.75, 3.05) is 0 Å². The summed E-state index contributed by atoms with van der Waals surface area (Å²) in [6, 6.07) is 10.6. The van der Waals surface area contributed by atoms with Gasteiger partial charge in [0.25, 0.3) is 11.5 Å². The molecule has 96 valence electrons. The van der Waals surface area contributed by atoms with Gasteiger partial charge in [-0.3, -0.25) is 4.79 Å². The van der Waals surface area contributed by atoms with Crippen LogP contribution in [0.25, 0.3) is 0 Å². The lowest BCUT2D eigenvalue weighted by molar-refractivity contribution is -0.717. The summed E-state index contributed by atoms with van der Waals surface area (Å²) in [5.41, 5.74) is -0.484. The van der Waals surface area contributed by atoms with E-state index in [4.69, 9.17) is 10.1 Å². The number of nitriles is 1. The molecule has 2 aliphatic rings. The third-order valence-corrected chi connectivity index (χ3v) is 3.48. The Kier molecular flexibility index (Phi) is 2.34. The number of hydrogen-bond acceptors (Lipinski definition) is 5. The molecule has 1 aromatic rings. The van der Waals surface area contributed by atoms with Gasteiger partial charge in [-0.25, -0.2) is 4.84 Å². The Morgan fingerprint density at radius 3 is 2.79 bits per heavy atom. The SMILES string of the molecule is C[C@@]12C[C@H](C#N)ON1[N+]([O-])=C(c1ccccc1)C2=O. The van der Waals surface area contributed by atoms with E-state index in [9.17, 15) is 10.0 Å². The van der Waals surface area contributed by atoms with Crippen LogP contribution in [0.2, 0.25) is 0 Å². The van der Waals surface area contributed by atoms with Gasteiger partial charge in [0.1, 0.15) is 0 Å². The molecular formula is C13H11N3O3. The average Bonchev–Trinajstić information content (AvgIpc) is 2.85. The van der Waals surface area contributed by atoms with Crippen molar-refractivity contribution < 1.29 is 14.5 Å². The van der Waals surface area contributed by atoms with Crippen LogP contribution in [0.5, 0.6) is 0 Å². The van der Waals surface area contributed by atoms with Crippen molar-refractivity contribution in [1.29, 1.82) is 5.26 Å². The van der Waals surface area contributed by atoms with E-state index >= 15 is 0 Å². The molecule has 0 aromatic heterocycles. The zero-order valence-electron chi connectivity index (χ0n) is 10.2. The summed E-state index contributed by atoms with van der Waals surface area (Å²) in [5.74, 6) is -0.313. The number of hydrogen-bond donors (Lipinski definition) is 0. The summed E-state index contributed by atoms with van der Waals surface area (Å²) >= 11 is 0. The molecule has 0 N–H and O–H groups in total. The van der Waals surface area contributed by atoms with Crippen LogP contribution in [-0.2, 0) is 9.63 Å². The predicted octanol–water partition coefficient (Wildman–Crippen LogP) is 0.772. The fourth-order valence-corrected chi connectivity index (χ4v) is 2.48. The second-order valence-electron chi connectivity index (χ2n) is 4.79. The topological polar surface area (TPSA) is 79.4 Å². The minimum atomic E-state index is -1.09. The second-order valence-corrected chi connectivity index (χ2v) is 4.79. The number of Topliss-reactive ketones (excluding diaryl/α,β-unsaturated/α-hetero) is 1. The second kappa shape index (κ2) is 3.80. The Morgan fingerprint density at radius 2 is 2.21 bits per heavy atom. The van der Waals surface area contributed by atoms with Crippen LogP contribution >= 0.6 is 0 Å². The molecule has 0 saturated carbocycles. The van der Waals surface area contributed by atoms with Crippen LogP contribution in [-0.4, -0.2) is 33.2 Å². The number of fused-ring (bicyclic) bond motifs is 1. The van der Waals surface area contributed by atoms with Gasteiger partial charge < -0.3 is 5.21 Å². The van der Waals surface area contributed by atoms with Crippen molar-refractivity contribution in [3.05, 3.63) is 41.1 Å². The number of carbonyl (C=O) groups is 1. The molecule has 0 bridgehead atoms. The zero-order chi connectivity index (χ0) is 13.6. The molecule has 1 saturated heterocycles. The fourth-order valence-electron chi connectivity index (χ4n) is 2.48. The van der Waals surface area contributed by atoms with E-state index < -0.39 is 11.6 Å². The van der Waals surface area contributed by atoms with E-state index in [2.05, 4.69) is 0 Å². The summed E-state index contributed by atoms with van der Waals surface area (Å²) in [7, 11) is 0. The van der Waals surface area contributed by atoms with E-state index in [0.717, 1.165) is 5.17 Å². The van der Waals surface area contributed by atoms with Gasteiger partial charge in [-0.1, -0.05) is 18.2 Å². The first kappa shape index (κ1) is 11.7. The van der Waals surface area contributed by atoms with E-state index in [1.807, 2.05) is 12.1 Å². The number of ketones is 1. The van der Waals surface area contributed by atoms with E-state index in [0.29, 0.717) is 10.4 Å². The maximum atomic E-state index is 12.5. The molecule has 6 nitrogen and oxygen atoms in total. The van der Waals surface area contributed by atoms with Crippen molar-refractivity contribution in [1.82, 2.24) is 5.17 Å². The first-order valence-corrected chi connectivity index (χ1v) is 5.89. The van der Waals surface area contributed by atoms with E-state index in [1.54, 1.807) is 31.2 Å². The first-order chi connectivity index (χ1) is 9.08. The number of hydrazine groups is 1. The Bertz CT molecular complexity index is 620. The quantitative estimate of drug-likeness (QED) is 0.548. The third kappa shape index (κ3) is 1.45. The van der Waals surface area contributed by atoms with Crippen LogP contribution in [0.1, 0.15) is 18.9 Å². The molecule has 3 rings (SSSR count). The van der Waals surface area contributed by atoms with Crippen molar-refractivity contribution in [2.24, 2.45) is 0 Å². The molecule has 0 aliphatic carbocycles. The summed E-state index contributed by atoms with van der Waals surface area (Å²) in [4.78, 5) is 18.1. The number of benzene rings is 1. The largest absolute Gasteiger partial charge is 0.594 e. The van der Waals surface area contributed by atoms with E-state index in [-0.39, 0.29) is 17.9 Å². The monoisotopic (exact) mass is 257 g/mol. The molecule has 6 heteroatoms. The highest BCUT2D eigenvalue weighted by molar-refractivity contribution is 6.47. The van der Waals surface area contributed by atoms with Gasteiger partial charge in [-0.2, -0.15) is 5.26 Å². The van der Waals surface area contributed by atoms with Crippen LogP contribution in [0.15, 0.2) is 30.3 Å². The molecule has 2 aliphatic heterocycles. The van der Waals surface area contributed by atoms with Gasteiger partial charge in [0.05, 0.1) is 11.6 Å². The van der Waals surface area contributed by atoms with Gasteiger partial charge in [-0.15, -0.1) is 0 Å². The van der Waals surface area contributed by atoms with Crippen molar-refractivity contribution in [2.45, 2.75) is 25.0 Å². The molecular weight excluding hydrogens is 246 g/mol. The fraction of sp³-hybridized carbons (Fsp3) is 0.308. The highest BCUT2D eigenvalue weighted by Crippen LogP contribution is 2.37. The zero-order valence-corrected chi connectivity index (χ0v) is 10.2. The highest BCUT2D eigenvalue weighted by Gasteiger charge is 2.62. The average molecular weight is 257 g/mol. The van der Waals surface area contributed by atoms with Gasteiger partial charge >= 0.3 is 0 Å². The number of carbonyl (C=O) groups excluding carboxylic acids is 1. The lowest BCUT2D eigenvalue weighted by Gasteiger charge is -2.18. The number of nitrogens with zero attached hydrogens (tertiary/aromatic N) is 3. The normalized spacial score (nSPS) is 29.6. The molecule has 2 heterocycles. The number of rotatable bonds is 1. The number of hydrazone groups is 1. The Labute approximate surface area is 109 Å². The lowest BCUT2D eigenvalue weighted by atomic mass is 9.88. The van der Waals surface area contributed by atoms with Crippen molar-refractivity contribution in [3.63, 3.8) is 0 Å². The minimum absolute atomic E-state index is 0.0551. The molecule has 19 heavy (non-hydrogen) atoms. The maximum Gasteiger partial charge on any atom is 0.297 e. The van der Waals surface area contributed by atoms with Crippen molar-refractivity contribution >= 4 is 11.5 Å². The lowest BCUT2D eigenvalue weighted by Crippen LogP contribution is -2.43. The highest BCUT2D eigenvalue weighted by atomic mass is 16.8. The van der Waals surface area contributed by atoms with Gasteiger partial charge in [-0.05, 0) is 29.1 Å². The predicted molar refractivity (Wildman–Crippen MR) is 64.5 cm³/mol. The molecule has 0 radical (unpaired) electrons. The first-order valence-electron chi connectivity index (χ1n) is 5.89. The molecule has 0 unspecified atom stereocenters. The van der Waals surface area contributed by atoms with Gasteiger partial charge in [0, 0.05) is 6.42 Å². The molecule has 1 fully saturated rings. The minimum Gasteiger partial charge on any atom is -0.594 e. The van der Waals surface area contributed by atoms with E-state index in [1.165, 1.54) is 0 Å². The molecule has 2 atom stereocenters. The van der Waals surface area contributed by atoms with Gasteiger partial charge in [0.2, 0.25) is 0 Å². The smallest absolute Gasteiger partial charge is 0.297 e. The maximum absolute atomic E-state index is 12.5. The summed E-state index contributed by atoms with van der Waals surface area (Å²) in [6.45, 7) is 1.62. The number of hydroxylamine groups is 1. The summed E-state index contributed by atoms with van der Waals surface area (Å²) < 4.78 is 0. The molecule has 1 aromatic carbocycles. The molecule has 0 amide bonds. The Hall–Kier alpha value is -2.39. The van der Waals surface area contributed by atoms with Crippen LogP contribution in [0, 0.1) is 16.5 Å². The molecule has 0 spiro atoms. The summed E-state index contributed by atoms with van der Waals surface area (Å²) in [6.07, 6.45) is -0.569. The van der Waals surface area contributed by atoms with Gasteiger partial charge in [0.15, 0.2) is 11.6 Å². The third-order valence-electron chi connectivity index (χ3n) is 3.48. The van der Waals surface area contributed by atoms with Crippen molar-refractivity contribution in [3.8, 4) is 6.07 Å². The van der Waals surface area contributed by atoms with Crippen LogP contribution < -0.4 is 0 Å². The Morgan fingerprint density at radius 1 is 1.53 bits per heavy atom. The van der Waals surface area contributed by atoms with Crippen LogP contribution in [0.3, 0.4) is 0 Å². The van der Waals surface area contributed by atoms with Crippen LogP contribution in [0.4, 0.5) is 0 Å². The Balaban J connectivity index is 2.08.